The first-order valence-electron chi connectivity index (χ1n) is 6.98. The molecule has 1 aromatic rings. The highest BCUT2D eigenvalue weighted by atomic mass is 16.6. The highest BCUT2D eigenvalue weighted by Crippen LogP contribution is 2.51. The van der Waals surface area contributed by atoms with Gasteiger partial charge in [-0.05, 0) is 37.1 Å². The van der Waals surface area contributed by atoms with Crippen LogP contribution >= 0.6 is 0 Å². The summed E-state index contributed by atoms with van der Waals surface area (Å²) in [5, 5.41) is 14.4. The molecule has 0 unspecified atom stereocenters. The van der Waals surface area contributed by atoms with Crippen molar-refractivity contribution in [2.45, 2.75) is 33.1 Å². The van der Waals surface area contributed by atoms with Crippen molar-refractivity contribution in [3.05, 3.63) is 39.9 Å². The fraction of sp³-hybridized carbons (Fsp3) is 0.600. The minimum atomic E-state index is -0.300. The van der Waals surface area contributed by atoms with Gasteiger partial charge in [0.25, 0.3) is 5.69 Å². The van der Waals surface area contributed by atoms with Crippen molar-refractivity contribution in [2.24, 2.45) is 11.3 Å². The van der Waals surface area contributed by atoms with E-state index in [-0.39, 0.29) is 10.6 Å². The number of nitro groups is 1. The third-order valence-corrected chi connectivity index (χ3v) is 4.35. The Labute approximate surface area is 114 Å². The first-order valence-corrected chi connectivity index (χ1v) is 6.98. The summed E-state index contributed by atoms with van der Waals surface area (Å²) in [5.41, 5.74) is 1.53. The minimum Gasteiger partial charge on any atom is -0.316 e. The summed E-state index contributed by atoms with van der Waals surface area (Å²) in [6.45, 7) is 6.39. The number of hydrogen-bond acceptors (Lipinski definition) is 3. The van der Waals surface area contributed by atoms with Crippen LogP contribution in [0.15, 0.2) is 24.3 Å². The molecule has 0 amide bonds. The van der Waals surface area contributed by atoms with Gasteiger partial charge in [-0.15, -0.1) is 0 Å². The molecule has 0 bridgehead atoms. The quantitative estimate of drug-likeness (QED) is 0.466. The van der Waals surface area contributed by atoms with Gasteiger partial charge in [0.2, 0.25) is 0 Å². The van der Waals surface area contributed by atoms with E-state index >= 15 is 0 Å². The van der Waals surface area contributed by atoms with Gasteiger partial charge in [0, 0.05) is 18.2 Å². The first-order chi connectivity index (χ1) is 9.05. The van der Waals surface area contributed by atoms with Crippen molar-refractivity contribution in [3.63, 3.8) is 0 Å². The molecule has 0 saturated heterocycles. The van der Waals surface area contributed by atoms with Gasteiger partial charge in [0.1, 0.15) is 0 Å². The van der Waals surface area contributed by atoms with Gasteiger partial charge in [0.15, 0.2) is 0 Å². The first kappa shape index (κ1) is 14.0. The average Bonchev–Trinajstić information content (AvgIpc) is 3.16. The van der Waals surface area contributed by atoms with Gasteiger partial charge >= 0.3 is 0 Å². The second-order valence-corrected chi connectivity index (χ2v) is 5.83. The Hall–Kier alpha value is -1.42. The molecule has 1 aromatic carbocycles. The maximum absolute atomic E-state index is 10.9. The molecule has 2 rings (SSSR count). The molecular weight excluding hydrogens is 240 g/mol. The molecule has 1 fully saturated rings. The lowest BCUT2D eigenvalue weighted by atomic mass is 9.92. The Morgan fingerprint density at radius 1 is 1.37 bits per heavy atom. The van der Waals surface area contributed by atoms with Gasteiger partial charge < -0.3 is 5.32 Å². The smallest absolute Gasteiger partial charge is 0.272 e. The summed E-state index contributed by atoms with van der Waals surface area (Å²) >= 11 is 0. The summed E-state index contributed by atoms with van der Waals surface area (Å²) in [7, 11) is 0. The lowest BCUT2D eigenvalue weighted by molar-refractivity contribution is -0.385. The Balaban J connectivity index is 1.82. The highest BCUT2D eigenvalue weighted by molar-refractivity contribution is 5.39. The molecule has 1 aliphatic carbocycles. The third-order valence-electron chi connectivity index (χ3n) is 4.35. The summed E-state index contributed by atoms with van der Waals surface area (Å²) in [4.78, 5) is 10.6. The fourth-order valence-corrected chi connectivity index (χ4v) is 2.58. The van der Waals surface area contributed by atoms with Crippen molar-refractivity contribution in [2.75, 3.05) is 13.1 Å². The monoisotopic (exact) mass is 262 g/mol. The summed E-state index contributed by atoms with van der Waals surface area (Å²) in [5.74, 6) is 0.714. The normalized spacial score (nSPS) is 16.6. The molecule has 1 N–H and O–H groups in total. The van der Waals surface area contributed by atoms with E-state index in [9.17, 15) is 10.1 Å². The van der Waals surface area contributed by atoms with Gasteiger partial charge in [-0.2, -0.15) is 0 Å². The Morgan fingerprint density at radius 3 is 2.63 bits per heavy atom. The van der Waals surface area contributed by atoms with Crippen LogP contribution in [0.3, 0.4) is 0 Å². The summed E-state index contributed by atoms with van der Waals surface area (Å²) in [6, 6.07) is 6.99. The summed E-state index contributed by atoms with van der Waals surface area (Å²) in [6.07, 6.45) is 3.33. The zero-order valence-electron chi connectivity index (χ0n) is 11.7. The molecule has 104 valence electrons. The average molecular weight is 262 g/mol. The molecule has 0 radical (unpaired) electrons. The molecule has 1 aliphatic rings. The maximum atomic E-state index is 10.9. The number of rotatable bonds is 7. The maximum Gasteiger partial charge on any atom is 0.272 e. The molecule has 1 saturated carbocycles. The molecule has 4 nitrogen and oxygen atoms in total. The third kappa shape index (κ3) is 3.32. The van der Waals surface area contributed by atoms with Gasteiger partial charge in [0.05, 0.1) is 4.92 Å². The zero-order valence-corrected chi connectivity index (χ0v) is 11.7. The van der Waals surface area contributed by atoms with Crippen LogP contribution in [0.25, 0.3) is 0 Å². The summed E-state index contributed by atoms with van der Waals surface area (Å²) < 4.78 is 0. The number of nitrogens with zero attached hydrogens (tertiary/aromatic N) is 1. The number of para-hydroxylation sites is 1. The van der Waals surface area contributed by atoms with Gasteiger partial charge in [-0.1, -0.05) is 32.0 Å². The van der Waals surface area contributed by atoms with Crippen LogP contribution in [0.5, 0.6) is 0 Å². The van der Waals surface area contributed by atoms with E-state index in [0.29, 0.717) is 17.8 Å². The van der Waals surface area contributed by atoms with E-state index in [1.807, 2.05) is 12.1 Å². The molecule has 0 atom stereocenters. The van der Waals surface area contributed by atoms with Crippen molar-refractivity contribution < 1.29 is 4.92 Å². The standard InChI is InChI=1S/C15H22N2O2/c1-12(2)15(8-9-15)11-16-10-7-13-5-3-4-6-14(13)17(18)19/h3-6,12,16H,7-11H2,1-2H3. The van der Waals surface area contributed by atoms with Crippen LogP contribution in [-0.4, -0.2) is 18.0 Å². The van der Waals surface area contributed by atoms with E-state index in [2.05, 4.69) is 19.2 Å². The minimum absolute atomic E-state index is 0.231. The topological polar surface area (TPSA) is 55.2 Å². The number of nitrogens with one attached hydrogen (secondary N) is 1. The SMILES string of the molecule is CC(C)C1(CNCCc2ccccc2[N+](=O)[O-])CC1. The van der Waals surface area contributed by atoms with Crippen molar-refractivity contribution in [1.82, 2.24) is 5.32 Å². The second-order valence-electron chi connectivity index (χ2n) is 5.83. The van der Waals surface area contributed by atoms with Crippen LogP contribution in [0.4, 0.5) is 5.69 Å². The predicted molar refractivity (Wildman–Crippen MR) is 76.2 cm³/mol. The van der Waals surface area contributed by atoms with Crippen LogP contribution in [0, 0.1) is 21.4 Å². The van der Waals surface area contributed by atoms with Crippen molar-refractivity contribution >= 4 is 5.69 Å². The van der Waals surface area contributed by atoms with E-state index < -0.39 is 0 Å². The predicted octanol–water partition coefficient (Wildman–Crippen LogP) is 3.16. The molecular formula is C15H22N2O2. The van der Waals surface area contributed by atoms with E-state index in [0.717, 1.165) is 18.7 Å². The zero-order chi connectivity index (χ0) is 13.9. The molecule has 19 heavy (non-hydrogen) atoms. The molecule has 0 heterocycles. The van der Waals surface area contributed by atoms with Crippen LogP contribution in [0.1, 0.15) is 32.3 Å². The lowest BCUT2D eigenvalue weighted by Crippen LogP contribution is -2.29. The van der Waals surface area contributed by atoms with Crippen molar-refractivity contribution in [1.29, 1.82) is 0 Å². The van der Waals surface area contributed by atoms with Crippen molar-refractivity contribution in [3.8, 4) is 0 Å². The van der Waals surface area contributed by atoms with Crippen LogP contribution < -0.4 is 5.32 Å². The van der Waals surface area contributed by atoms with E-state index in [1.54, 1.807) is 12.1 Å². The largest absolute Gasteiger partial charge is 0.316 e. The fourth-order valence-electron chi connectivity index (χ4n) is 2.58. The highest BCUT2D eigenvalue weighted by Gasteiger charge is 2.44. The van der Waals surface area contributed by atoms with E-state index in [4.69, 9.17) is 0 Å². The van der Waals surface area contributed by atoms with Crippen LogP contribution in [-0.2, 0) is 6.42 Å². The molecule has 0 spiro atoms. The Morgan fingerprint density at radius 2 is 2.05 bits per heavy atom. The lowest BCUT2D eigenvalue weighted by Gasteiger charge is -2.20. The van der Waals surface area contributed by atoms with Crippen LogP contribution in [0.2, 0.25) is 0 Å². The number of hydrogen-bond donors (Lipinski definition) is 1. The van der Waals surface area contributed by atoms with Gasteiger partial charge in [-0.3, -0.25) is 10.1 Å². The number of nitro benzene ring substituents is 1. The Kier molecular flexibility index (Phi) is 4.20. The van der Waals surface area contributed by atoms with Gasteiger partial charge in [-0.25, -0.2) is 0 Å². The molecule has 0 aliphatic heterocycles. The molecule has 0 aromatic heterocycles. The second kappa shape index (κ2) is 5.70. The van der Waals surface area contributed by atoms with E-state index in [1.165, 1.54) is 12.8 Å². The number of benzene rings is 1. The molecule has 4 heteroatoms. The Bertz CT molecular complexity index is 453.